The van der Waals surface area contributed by atoms with Gasteiger partial charge in [0.05, 0.1) is 0 Å². The van der Waals surface area contributed by atoms with E-state index in [9.17, 15) is 0 Å². The summed E-state index contributed by atoms with van der Waals surface area (Å²) in [7, 11) is 0. The molecule has 0 aliphatic rings. The molecule has 0 bridgehead atoms. The van der Waals surface area contributed by atoms with Crippen LogP contribution in [0.15, 0.2) is 0 Å². The molecule has 0 rings (SSSR count). The van der Waals surface area contributed by atoms with Crippen molar-refractivity contribution in [3.05, 3.63) is 0 Å². The Balaban J connectivity index is 0. The highest BCUT2D eigenvalue weighted by molar-refractivity contribution is 14.0. The van der Waals surface area contributed by atoms with Crippen LogP contribution in [0.25, 0.3) is 0 Å². The van der Waals surface area contributed by atoms with E-state index >= 15 is 0 Å². The second-order valence-electron chi connectivity index (χ2n) is 0. The SMILES string of the molecule is [F-].[F-].[F-].[F-].[F-].[I]. The van der Waals surface area contributed by atoms with Crippen LogP contribution in [0, 0.1) is 0 Å². The lowest BCUT2D eigenvalue weighted by Crippen LogP contribution is -3.00. The third-order valence-corrected chi connectivity index (χ3v) is 0. The molecular formula is F5I-5. The average molecular weight is 222 g/mol. The molecule has 0 aromatic carbocycles. The molecular weight excluding hydrogens is 222 g/mol. The van der Waals surface area contributed by atoms with Gasteiger partial charge in [-0.15, -0.1) is 0 Å². The van der Waals surface area contributed by atoms with Gasteiger partial charge in [0.15, 0.2) is 0 Å². The number of halogens is 6. The first-order chi connectivity index (χ1) is 0. The summed E-state index contributed by atoms with van der Waals surface area (Å²) >= 11 is 0. The van der Waals surface area contributed by atoms with Crippen molar-refractivity contribution in [1.82, 2.24) is 0 Å². The van der Waals surface area contributed by atoms with Gasteiger partial charge in [-0.2, -0.15) is 0 Å². The Kier molecular flexibility index (Phi) is 152000. The van der Waals surface area contributed by atoms with Crippen molar-refractivity contribution in [2.75, 3.05) is 0 Å². The molecule has 1 radical (unpaired) electrons. The Morgan fingerprint density at radius 3 is 0.333 bits per heavy atom. The van der Waals surface area contributed by atoms with Gasteiger partial charge in [0, 0.05) is 24.0 Å². The summed E-state index contributed by atoms with van der Waals surface area (Å²) in [6, 6.07) is 0. The van der Waals surface area contributed by atoms with E-state index < -0.39 is 0 Å². The molecule has 0 aliphatic heterocycles. The van der Waals surface area contributed by atoms with Crippen LogP contribution in [0.5, 0.6) is 0 Å². The molecule has 0 nitrogen and oxygen atoms in total. The molecule has 0 N–H and O–H groups in total. The fraction of sp³-hybridized carbons (Fsp3) is 0. The predicted molar refractivity (Wildman–Crippen MR) is 14.0 cm³/mol. The number of rotatable bonds is 0. The maximum absolute atomic E-state index is 0. The van der Waals surface area contributed by atoms with Crippen molar-refractivity contribution < 1.29 is 23.5 Å². The van der Waals surface area contributed by atoms with E-state index in [1.165, 1.54) is 0 Å². The van der Waals surface area contributed by atoms with Crippen LogP contribution in [0.3, 0.4) is 0 Å². The summed E-state index contributed by atoms with van der Waals surface area (Å²) in [6.45, 7) is 0. The molecule has 47 valence electrons. The van der Waals surface area contributed by atoms with Gasteiger partial charge in [-0.05, 0) is 0 Å². The molecule has 0 atom stereocenters. The normalized spacial score (nSPS) is 0. The lowest BCUT2D eigenvalue weighted by atomic mass is 19.0. The summed E-state index contributed by atoms with van der Waals surface area (Å²) in [5.41, 5.74) is 0. The van der Waals surface area contributed by atoms with E-state index in [1.807, 2.05) is 0 Å². The molecule has 0 aromatic heterocycles. The molecule has 6 heteroatoms. The maximum Gasteiger partial charge on any atom is 0 e. The minimum Gasteiger partial charge on any atom is -1.00 e. The largest absolute Gasteiger partial charge is 1.00 e. The van der Waals surface area contributed by atoms with Crippen LogP contribution in [-0.4, -0.2) is 0 Å². The first-order valence-electron chi connectivity index (χ1n) is 0. The van der Waals surface area contributed by atoms with Crippen molar-refractivity contribution in [3.8, 4) is 0 Å². The fourth-order valence-corrected chi connectivity index (χ4v) is 0. The molecule has 0 fully saturated rings. The third-order valence-electron chi connectivity index (χ3n) is 0. The van der Waals surface area contributed by atoms with E-state index in [2.05, 4.69) is 0 Å². The molecule has 0 aromatic rings. The van der Waals surface area contributed by atoms with Gasteiger partial charge in [-0.25, -0.2) is 0 Å². The van der Waals surface area contributed by atoms with Crippen LogP contribution >= 0.6 is 24.0 Å². The number of hydrogen-bond donors (Lipinski definition) is 0. The molecule has 0 saturated heterocycles. The van der Waals surface area contributed by atoms with Gasteiger partial charge in [-0.3, -0.25) is 0 Å². The zero-order chi connectivity index (χ0) is 0. The van der Waals surface area contributed by atoms with Crippen molar-refractivity contribution in [1.29, 1.82) is 0 Å². The highest BCUT2D eigenvalue weighted by Gasteiger charge is 0.00000502. The molecule has 6 heavy (non-hydrogen) atoms. The zero-order valence-corrected chi connectivity index (χ0v) is 4.43. The standard InChI is InChI=1S/5FH.I/h5*1H;/p-5. The third kappa shape index (κ3) is 347. The summed E-state index contributed by atoms with van der Waals surface area (Å²) in [5, 5.41) is 0. The minimum absolute atomic E-state index is 0. The van der Waals surface area contributed by atoms with Crippen LogP contribution < -0.4 is 23.5 Å². The van der Waals surface area contributed by atoms with Crippen LogP contribution in [0.1, 0.15) is 0 Å². The molecule has 0 saturated carbocycles. The van der Waals surface area contributed by atoms with Gasteiger partial charge in [0.25, 0.3) is 0 Å². The first-order valence-corrected chi connectivity index (χ1v) is 0. The monoisotopic (exact) mass is 222 g/mol. The van der Waals surface area contributed by atoms with Crippen LogP contribution in [-0.2, 0) is 0 Å². The van der Waals surface area contributed by atoms with Gasteiger partial charge in [0.1, 0.15) is 0 Å². The van der Waals surface area contributed by atoms with Gasteiger partial charge < -0.3 is 23.5 Å². The second-order valence-corrected chi connectivity index (χ2v) is 0. The Morgan fingerprint density at radius 2 is 0.333 bits per heavy atom. The smallest absolute Gasteiger partial charge is 0 e. The lowest BCUT2D eigenvalue weighted by molar-refractivity contribution is -0.00100. The van der Waals surface area contributed by atoms with E-state index in [-0.39, 0.29) is 47.5 Å². The van der Waals surface area contributed by atoms with E-state index in [0.29, 0.717) is 0 Å². The zero-order valence-electron chi connectivity index (χ0n) is 2.27. The predicted octanol–water partition coefficient (Wildman–Crippen LogP) is -14.1. The summed E-state index contributed by atoms with van der Waals surface area (Å²) in [6.07, 6.45) is 0. The highest BCUT2D eigenvalue weighted by atomic mass is 127. The van der Waals surface area contributed by atoms with Gasteiger partial charge in [0.2, 0.25) is 0 Å². The topological polar surface area (TPSA) is 0 Å². The van der Waals surface area contributed by atoms with E-state index in [4.69, 9.17) is 0 Å². The van der Waals surface area contributed by atoms with E-state index in [0.717, 1.165) is 0 Å². The van der Waals surface area contributed by atoms with Crippen molar-refractivity contribution >= 4 is 24.0 Å². The quantitative estimate of drug-likeness (QED) is 0.282. The minimum atomic E-state index is 0. The van der Waals surface area contributed by atoms with Crippen LogP contribution in [0.4, 0.5) is 0 Å². The summed E-state index contributed by atoms with van der Waals surface area (Å²) < 4.78 is 0. The second kappa shape index (κ2) is 715. The Bertz CT molecular complexity index is 3.90. The lowest BCUT2D eigenvalue weighted by Gasteiger charge is -1.00. The molecule has 0 unspecified atom stereocenters. The molecule has 0 amide bonds. The first kappa shape index (κ1) is 1280. The average Bonchev–Trinajstić information content (AvgIpc) is 0. The Hall–Kier alpha value is 0.380. The van der Waals surface area contributed by atoms with Crippen LogP contribution in [0.2, 0.25) is 0 Å². The molecule has 0 spiro atoms. The summed E-state index contributed by atoms with van der Waals surface area (Å²) in [4.78, 5) is 0. The van der Waals surface area contributed by atoms with Gasteiger partial charge in [-0.1, -0.05) is 0 Å². The van der Waals surface area contributed by atoms with Crippen molar-refractivity contribution in [3.63, 3.8) is 0 Å². The Labute approximate surface area is 48.2 Å². The van der Waals surface area contributed by atoms with E-state index in [1.54, 1.807) is 0 Å². The molecule has 0 aliphatic carbocycles. The summed E-state index contributed by atoms with van der Waals surface area (Å²) in [5.74, 6) is 0. The fourth-order valence-electron chi connectivity index (χ4n) is 0. The van der Waals surface area contributed by atoms with Gasteiger partial charge >= 0.3 is 0 Å². The maximum atomic E-state index is 0. The Morgan fingerprint density at radius 1 is 0.333 bits per heavy atom. The van der Waals surface area contributed by atoms with Crippen molar-refractivity contribution in [2.24, 2.45) is 0 Å². The number of hydrogen-bond acceptors (Lipinski definition) is 0. The van der Waals surface area contributed by atoms with Crippen molar-refractivity contribution in [2.45, 2.75) is 0 Å². The highest BCUT2D eigenvalue weighted by Crippen LogP contribution is 0.886. The molecule has 0 heterocycles.